The van der Waals surface area contributed by atoms with Crippen LogP contribution in [0.5, 0.6) is 0 Å². The minimum atomic E-state index is 0. The quantitative estimate of drug-likeness (QED) is 0.705. The Hall–Kier alpha value is -0.610. The lowest BCUT2D eigenvalue weighted by Gasteiger charge is -1.87. The van der Waals surface area contributed by atoms with Gasteiger partial charge in [0.05, 0.1) is 0 Å². The first-order valence-electron chi connectivity index (χ1n) is 3.31. The summed E-state index contributed by atoms with van der Waals surface area (Å²) in [5, 5.41) is 15.1. The summed E-state index contributed by atoms with van der Waals surface area (Å²) >= 11 is 0. The summed E-state index contributed by atoms with van der Waals surface area (Å²) in [7, 11) is 0. The van der Waals surface area contributed by atoms with Crippen LogP contribution in [0.15, 0.2) is 0 Å². The van der Waals surface area contributed by atoms with Gasteiger partial charge in [-0.2, -0.15) is 5.10 Å². The molecule has 0 aliphatic heterocycles. The standard InChI is InChI=1S/C6H11N3O.ClH/c1-5-7-6(9-8-5)3-2-4-10;/h10H,2-4H2,1H3,(H,7,8,9);1H. The number of hydrogen-bond donors (Lipinski definition) is 2. The zero-order valence-electron chi connectivity index (χ0n) is 6.37. The van der Waals surface area contributed by atoms with Gasteiger partial charge in [0, 0.05) is 13.0 Å². The van der Waals surface area contributed by atoms with Gasteiger partial charge in [0.2, 0.25) is 0 Å². The molecule has 64 valence electrons. The monoisotopic (exact) mass is 177 g/mol. The Morgan fingerprint density at radius 1 is 1.55 bits per heavy atom. The Morgan fingerprint density at radius 3 is 2.73 bits per heavy atom. The van der Waals surface area contributed by atoms with Crippen molar-refractivity contribution in [1.29, 1.82) is 0 Å². The molecule has 0 spiro atoms. The highest BCUT2D eigenvalue weighted by Gasteiger charge is 1.96. The van der Waals surface area contributed by atoms with Crippen molar-refractivity contribution >= 4 is 12.4 Å². The minimum Gasteiger partial charge on any atom is -0.396 e. The lowest BCUT2D eigenvalue weighted by Crippen LogP contribution is -1.91. The highest BCUT2D eigenvalue weighted by Crippen LogP contribution is 1.94. The number of aromatic nitrogens is 3. The topological polar surface area (TPSA) is 61.8 Å². The van der Waals surface area contributed by atoms with Gasteiger partial charge in [-0.1, -0.05) is 0 Å². The molecule has 1 heterocycles. The fraction of sp³-hybridized carbons (Fsp3) is 0.667. The maximum absolute atomic E-state index is 8.47. The number of aromatic amines is 1. The Morgan fingerprint density at radius 2 is 2.27 bits per heavy atom. The van der Waals surface area contributed by atoms with Gasteiger partial charge in [0.25, 0.3) is 0 Å². The van der Waals surface area contributed by atoms with E-state index in [1.54, 1.807) is 0 Å². The van der Waals surface area contributed by atoms with Gasteiger partial charge in [-0.15, -0.1) is 12.4 Å². The Kier molecular flexibility index (Phi) is 4.81. The van der Waals surface area contributed by atoms with Crippen molar-refractivity contribution in [2.75, 3.05) is 6.61 Å². The number of H-pyrrole nitrogens is 1. The van der Waals surface area contributed by atoms with Gasteiger partial charge in [0.1, 0.15) is 5.82 Å². The number of rotatable bonds is 3. The van der Waals surface area contributed by atoms with Gasteiger partial charge < -0.3 is 5.11 Å². The number of hydrogen-bond acceptors (Lipinski definition) is 3. The summed E-state index contributed by atoms with van der Waals surface area (Å²) in [4.78, 5) is 4.07. The molecule has 0 aliphatic rings. The SMILES string of the molecule is Cc1nc(CCCO)n[nH]1.Cl. The minimum absolute atomic E-state index is 0. The van der Waals surface area contributed by atoms with Crippen molar-refractivity contribution in [3.63, 3.8) is 0 Å². The lowest BCUT2D eigenvalue weighted by atomic mass is 10.3. The first kappa shape index (κ1) is 10.4. The van der Waals surface area contributed by atoms with Crippen molar-refractivity contribution in [3.8, 4) is 0 Å². The van der Waals surface area contributed by atoms with Gasteiger partial charge >= 0.3 is 0 Å². The van der Waals surface area contributed by atoms with Crippen LogP contribution >= 0.6 is 12.4 Å². The molecule has 0 atom stereocenters. The molecule has 0 amide bonds. The van der Waals surface area contributed by atoms with E-state index in [2.05, 4.69) is 15.2 Å². The fourth-order valence-corrected chi connectivity index (χ4v) is 0.738. The fourth-order valence-electron chi connectivity index (χ4n) is 0.738. The van der Waals surface area contributed by atoms with E-state index in [1.165, 1.54) is 0 Å². The zero-order chi connectivity index (χ0) is 7.40. The molecule has 2 N–H and O–H groups in total. The predicted molar refractivity (Wildman–Crippen MR) is 43.8 cm³/mol. The molecule has 5 heteroatoms. The molecule has 1 rings (SSSR count). The van der Waals surface area contributed by atoms with Crippen molar-refractivity contribution in [1.82, 2.24) is 15.2 Å². The maximum Gasteiger partial charge on any atom is 0.150 e. The van der Waals surface area contributed by atoms with E-state index >= 15 is 0 Å². The van der Waals surface area contributed by atoms with Gasteiger partial charge in [-0.25, -0.2) is 4.98 Å². The van der Waals surface area contributed by atoms with E-state index < -0.39 is 0 Å². The summed E-state index contributed by atoms with van der Waals surface area (Å²) in [5.74, 6) is 1.61. The van der Waals surface area contributed by atoms with E-state index in [4.69, 9.17) is 5.11 Å². The average molecular weight is 178 g/mol. The lowest BCUT2D eigenvalue weighted by molar-refractivity contribution is 0.287. The molecule has 0 bridgehead atoms. The van der Waals surface area contributed by atoms with E-state index in [9.17, 15) is 0 Å². The predicted octanol–water partition coefficient (Wildman–Crippen LogP) is 0.460. The Bertz CT molecular complexity index is 201. The van der Waals surface area contributed by atoms with Crippen LogP contribution in [0.3, 0.4) is 0 Å². The first-order chi connectivity index (χ1) is 4.83. The van der Waals surface area contributed by atoms with E-state index in [0.717, 1.165) is 24.5 Å². The van der Waals surface area contributed by atoms with Crippen LogP contribution in [-0.2, 0) is 6.42 Å². The second-order valence-corrected chi connectivity index (χ2v) is 2.16. The van der Waals surface area contributed by atoms with E-state index in [0.29, 0.717) is 0 Å². The highest BCUT2D eigenvalue weighted by atomic mass is 35.5. The van der Waals surface area contributed by atoms with E-state index in [-0.39, 0.29) is 19.0 Å². The summed E-state index contributed by atoms with van der Waals surface area (Å²) in [6.45, 7) is 2.06. The molecule has 11 heavy (non-hydrogen) atoms. The first-order valence-corrected chi connectivity index (χ1v) is 3.31. The van der Waals surface area contributed by atoms with Crippen molar-refractivity contribution in [3.05, 3.63) is 11.6 Å². The number of halogens is 1. The molecule has 4 nitrogen and oxygen atoms in total. The van der Waals surface area contributed by atoms with Crippen LogP contribution in [0.2, 0.25) is 0 Å². The van der Waals surface area contributed by atoms with Gasteiger partial charge in [0.15, 0.2) is 5.82 Å². The Balaban J connectivity index is 0.000001000. The number of aliphatic hydroxyl groups is 1. The third-order valence-electron chi connectivity index (χ3n) is 1.20. The number of aryl methyl sites for hydroxylation is 2. The second kappa shape index (κ2) is 5.09. The smallest absolute Gasteiger partial charge is 0.150 e. The summed E-state index contributed by atoms with van der Waals surface area (Å²) in [5.41, 5.74) is 0. The molecular formula is C6H12ClN3O. The molecular weight excluding hydrogens is 166 g/mol. The number of nitrogens with zero attached hydrogens (tertiary/aromatic N) is 2. The molecule has 1 aromatic rings. The third kappa shape index (κ3) is 3.34. The molecule has 0 saturated heterocycles. The molecule has 0 fully saturated rings. The van der Waals surface area contributed by atoms with Gasteiger partial charge in [-0.3, -0.25) is 5.10 Å². The summed E-state index contributed by atoms with van der Waals surface area (Å²) in [6, 6.07) is 0. The van der Waals surface area contributed by atoms with Crippen LogP contribution in [0, 0.1) is 6.92 Å². The molecule has 0 aliphatic carbocycles. The summed E-state index contributed by atoms with van der Waals surface area (Å²) in [6.07, 6.45) is 1.48. The van der Waals surface area contributed by atoms with Crippen molar-refractivity contribution in [2.24, 2.45) is 0 Å². The third-order valence-corrected chi connectivity index (χ3v) is 1.20. The van der Waals surface area contributed by atoms with Crippen LogP contribution < -0.4 is 0 Å². The van der Waals surface area contributed by atoms with Crippen LogP contribution in [0.1, 0.15) is 18.1 Å². The number of aliphatic hydroxyl groups excluding tert-OH is 1. The molecule has 0 aromatic carbocycles. The second-order valence-electron chi connectivity index (χ2n) is 2.16. The molecule has 0 unspecified atom stereocenters. The van der Waals surface area contributed by atoms with Crippen molar-refractivity contribution in [2.45, 2.75) is 19.8 Å². The largest absolute Gasteiger partial charge is 0.396 e. The maximum atomic E-state index is 8.47. The normalized spacial score (nSPS) is 9.27. The van der Waals surface area contributed by atoms with E-state index in [1.807, 2.05) is 6.92 Å². The van der Waals surface area contributed by atoms with Crippen LogP contribution in [-0.4, -0.2) is 26.9 Å². The Labute approximate surface area is 71.5 Å². The van der Waals surface area contributed by atoms with Crippen molar-refractivity contribution < 1.29 is 5.11 Å². The molecule has 0 radical (unpaired) electrons. The number of nitrogens with one attached hydrogen (secondary N) is 1. The highest BCUT2D eigenvalue weighted by molar-refractivity contribution is 5.85. The van der Waals surface area contributed by atoms with Crippen LogP contribution in [0.4, 0.5) is 0 Å². The molecule has 1 aromatic heterocycles. The summed E-state index contributed by atoms with van der Waals surface area (Å²) < 4.78 is 0. The zero-order valence-corrected chi connectivity index (χ0v) is 7.19. The average Bonchev–Trinajstić information content (AvgIpc) is 2.31. The van der Waals surface area contributed by atoms with Gasteiger partial charge in [-0.05, 0) is 13.3 Å². The molecule has 0 saturated carbocycles. The van der Waals surface area contributed by atoms with Crippen LogP contribution in [0.25, 0.3) is 0 Å².